The van der Waals surface area contributed by atoms with Crippen LogP contribution in [-0.2, 0) is 9.53 Å². The van der Waals surface area contributed by atoms with E-state index in [1.165, 1.54) is 26.4 Å². The lowest BCUT2D eigenvalue weighted by molar-refractivity contribution is -0.148. The first-order chi connectivity index (χ1) is 8.83. The number of hydrogen-bond acceptors (Lipinski definition) is 4. The number of likely N-dealkylation sites (N-methyl/N-ethyl adjacent to an activating group) is 1. The fraction of sp³-hybridized carbons (Fsp3) is 0.933. The monoisotopic (exact) mass is 270 g/mol. The van der Waals surface area contributed by atoms with Gasteiger partial charge in [0, 0.05) is 6.54 Å². The number of nitrogens with zero attached hydrogens (tertiary/aromatic N) is 1. The van der Waals surface area contributed by atoms with Crippen LogP contribution in [0.2, 0.25) is 0 Å². The van der Waals surface area contributed by atoms with Crippen LogP contribution in [0.15, 0.2) is 0 Å². The molecule has 0 radical (unpaired) electrons. The molecule has 4 nitrogen and oxygen atoms in total. The van der Waals surface area contributed by atoms with Crippen molar-refractivity contribution in [1.29, 1.82) is 0 Å². The Morgan fingerprint density at radius 3 is 2.63 bits per heavy atom. The molecular weight excluding hydrogens is 240 g/mol. The van der Waals surface area contributed by atoms with Gasteiger partial charge in [-0.15, -0.1) is 0 Å². The van der Waals surface area contributed by atoms with Crippen molar-refractivity contribution in [2.75, 3.05) is 33.3 Å². The van der Waals surface area contributed by atoms with Crippen LogP contribution in [0.1, 0.15) is 47.0 Å². The standard InChI is InChI=1S/C15H30N2O2/c1-6-16-15(4,13(18)19-5)12-17-10-7-8-14(2,3)9-11-17/h16H,6-12H2,1-5H3. The van der Waals surface area contributed by atoms with E-state index in [1.54, 1.807) is 0 Å². The molecule has 1 atom stereocenters. The smallest absolute Gasteiger partial charge is 0.327 e. The molecule has 0 aliphatic carbocycles. The van der Waals surface area contributed by atoms with Gasteiger partial charge in [0.05, 0.1) is 7.11 Å². The maximum absolute atomic E-state index is 12.0. The molecule has 0 spiro atoms. The minimum atomic E-state index is -0.599. The summed E-state index contributed by atoms with van der Waals surface area (Å²) < 4.78 is 4.95. The minimum Gasteiger partial charge on any atom is -0.468 e. The second-order valence-electron chi connectivity index (χ2n) is 6.65. The zero-order valence-electron chi connectivity index (χ0n) is 13.2. The quantitative estimate of drug-likeness (QED) is 0.776. The van der Waals surface area contributed by atoms with Crippen molar-refractivity contribution in [1.82, 2.24) is 10.2 Å². The van der Waals surface area contributed by atoms with Gasteiger partial charge in [-0.25, -0.2) is 0 Å². The molecule has 1 heterocycles. The van der Waals surface area contributed by atoms with Crippen molar-refractivity contribution >= 4 is 5.97 Å². The summed E-state index contributed by atoms with van der Waals surface area (Å²) in [6, 6.07) is 0. The zero-order chi connectivity index (χ0) is 14.5. The first-order valence-corrected chi connectivity index (χ1v) is 7.39. The molecule has 1 unspecified atom stereocenters. The highest BCUT2D eigenvalue weighted by molar-refractivity contribution is 5.80. The topological polar surface area (TPSA) is 41.6 Å². The summed E-state index contributed by atoms with van der Waals surface area (Å²) in [5.74, 6) is -0.169. The number of hydrogen-bond donors (Lipinski definition) is 1. The molecule has 1 N–H and O–H groups in total. The van der Waals surface area contributed by atoms with Gasteiger partial charge in [0.25, 0.3) is 0 Å². The number of methoxy groups -OCH3 is 1. The molecule has 4 heteroatoms. The Labute approximate surface area is 117 Å². The Morgan fingerprint density at radius 1 is 1.37 bits per heavy atom. The van der Waals surface area contributed by atoms with Crippen molar-refractivity contribution in [3.05, 3.63) is 0 Å². The van der Waals surface area contributed by atoms with Crippen molar-refractivity contribution in [3.8, 4) is 0 Å². The number of esters is 1. The Morgan fingerprint density at radius 2 is 2.05 bits per heavy atom. The maximum atomic E-state index is 12.0. The summed E-state index contributed by atoms with van der Waals surface area (Å²) in [7, 11) is 1.46. The molecule has 1 aliphatic heterocycles. The first-order valence-electron chi connectivity index (χ1n) is 7.39. The van der Waals surface area contributed by atoms with Gasteiger partial charge in [0.15, 0.2) is 0 Å². The Bertz CT molecular complexity index is 305. The molecular formula is C15H30N2O2. The summed E-state index contributed by atoms with van der Waals surface area (Å²) >= 11 is 0. The molecule has 1 saturated heterocycles. The Kier molecular flexibility index (Phi) is 5.81. The van der Waals surface area contributed by atoms with Gasteiger partial charge in [-0.2, -0.15) is 0 Å². The van der Waals surface area contributed by atoms with E-state index in [0.717, 1.165) is 26.2 Å². The molecule has 1 aliphatic rings. The fourth-order valence-electron chi connectivity index (χ4n) is 2.89. The molecule has 0 aromatic carbocycles. The van der Waals surface area contributed by atoms with E-state index in [0.29, 0.717) is 5.41 Å². The second-order valence-corrected chi connectivity index (χ2v) is 6.65. The number of carbonyl (C=O) groups is 1. The van der Waals surface area contributed by atoms with E-state index in [4.69, 9.17) is 4.74 Å². The number of rotatable bonds is 5. The van der Waals surface area contributed by atoms with Crippen LogP contribution < -0.4 is 5.32 Å². The fourth-order valence-corrected chi connectivity index (χ4v) is 2.89. The van der Waals surface area contributed by atoms with Gasteiger partial charge < -0.3 is 15.0 Å². The third kappa shape index (κ3) is 4.77. The van der Waals surface area contributed by atoms with Crippen LogP contribution in [0.3, 0.4) is 0 Å². The average molecular weight is 270 g/mol. The predicted octanol–water partition coefficient (Wildman–Crippen LogP) is 2.04. The van der Waals surface area contributed by atoms with Crippen LogP contribution in [0.25, 0.3) is 0 Å². The lowest BCUT2D eigenvalue weighted by Gasteiger charge is -2.33. The second kappa shape index (κ2) is 6.71. The first kappa shape index (κ1) is 16.4. The average Bonchev–Trinajstić information content (AvgIpc) is 2.50. The van der Waals surface area contributed by atoms with Gasteiger partial charge in [0.2, 0.25) is 0 Å². The van der Waals surface area contributed by atoms with Crippen LogP contribution >= 0.6 is 0 Å². The molecule has 0 saturated carbocycles. The van der Waals surface area contributed by atoms with Crippen molar-refractivity contribution in [3.63, 3.8) is 0 Å². The van der Waals surface area contributed by atoms with Crippen molar-refractivity contribution in [2.45, 2.75) is 52.5 Å². The van der Waals surface area contributed by atoms with Crippen LogP contribution in [-0.4, -0.2) is 49.7 Å². The number of carbonyl (C=O) groups excluding carboxylic acids is 1. The lowest BCUT2D eigenvalue weighted by Crippen LogP contribution is -2.57. The summed E-state index contributed by atoms with van der Waals surface area (Å²) in [6.07, 6.45) is 3.66. The molecule has 0 aromatic rings. The van der Waals surface area contributed by atoms with E-state index >= 15 is 0 Å². The SMILES string of the molecule is CCNC(C)(CN1CCCC(C)(C)CC1)C(=O)OC. The summed E-state index contributed by atoms with van der Waals surface area (Å²) in [5, 5.41) is 3.28. The molecule has 112 valence electrons. The molecule has 1 fully saturated rings. The molecule has 0 amide bonds. The third-order valence-corrected chi connectivity index (χ3v) is 4.18. The summed E-state index contributed by atoms with van der Waals surface area (Å²) in [4.78, 5) is 14.4. The number of nitrogens with one attached hydrogen (secondary N) is 1. The van der Waals surface area contributed by atoms with E-state index < -0.39 is 5.54 Å². The molecule has 19 heavy (non-hydrogen) atoms. The van der Waals surface area contributed by atoms with Gasteiger partial charge in [-0.1, -0.05) is 20.8 Å². The van der Waals surface area contributed by atoms with E-state index in [-0.39, 0.29) is 5.97 Å². The van der Waals surface area contributed by atoms with E-state index in [9.17, 15) is 4.79 Å². The van der Waals surface area contributed by atoms with Gasteiger partial charge in [-0.3, -0.25) is 4.79 Å². The number of likely N-dealkylation sites (tertiary alicyclic amines) is 1. The lowest BCUT2D eigenvalue weighted by atomic mass is 9.85. The summed E-state index contributed by atoms with van der Waals surface area (Å²) in [6.45, 7) is 12.3. The van der Waals surface area contributed by atoms with Crippen LogP contribution in [0.5, 0.6) is 0 Å². The Hall–Kier alpha value is -0.610. The minimum absolute atomic E-state index is 0.169. The highest BCUT2D eigenvalue weighted by atomic mass is 16.5. The Balaban J connectivity index is 2.66. The van der Waals surface area contributed by atoms with Crippen LogP contribution in [0, 0.1) is 5.41 Å². The summed E-state index contributed by atoms with van der Waals surface area (Å²) in [5.41, 5.74) is -0.174. The molecule has 0 aromatic heterocycles. The zero-order valence-corrected chi connectivity index (χ0v) is 13.2. The normalized spacial score (nSPS) is 23.4. The largest absolute Gasteiger partial charge is 0.468 e. The van der Waals surface area contributed by atoms with Gasteiger partial charge >= 0.3 is 5.97 Å². The number of ether oxygens (including phenoxy) is 1. The van der Waals surface area contributed by atoms with Gasteiger partial charge in [0.1, 0.15) is 5.54 Å². The highest BCUT2D eigenvalue weighted by Crippen LogP contribution is 2.30. The third-order valence-electron chi connectivity index (χ3n) is 4.18. The molecule has 1 rings (SSSR count). The maximum Gasteiger partial charge on any atom is 0.327 e. The van der Waals surface area contributed by atoms with Crippen LogP contribution in [0.4, 0.5) is 0 Å². The van der Waals surface area contributed by atoms with Crippen molar-refractivity contribution in [2.24, 2.45) is 5.41 Å². The predicted molar refractivity (Wildman–Crippen MR) is 78.2 cm³/mol. The van der Waals surface area contributed by atoms with E-state index in [2.05, 4.69) is 24.1 Å². The highest BCUT2D eigenvalue weighted by Gasteiger charge is 2.36. The van der Waals surface area contributed by atoms with E-state index in [1.807, 2.05) is 13.8 Å². The molecule has 0 bridgehead atoms. The van der Waals surface area contributed by atoms with Crippen molar-refractivity contribution < 1.29 is 9.53 Å². The van der Waals surface area contributed by atoms with Gasteiger partial charge in [-0.05, 0) is 51.2 Å².